The fraction of sp³-hybridized carbons (Fsp3) is 0.700. The van der Waals surface area contributed by atoms with Gasteiger partial charge in [0.25, 0.3) is 0 Å². The summed E-state index contributed by atoms with van der Waals surface area (Å²) in [5.74, 6) is 0.998. The van der Waals surface area contributed by atoms with Crippen LogP contribution in [0.5, 0.6) is 0 Å². The third kappa shape index (κ3) is 1.03. The van der Waals surface area contributed by atoms with Gasteiger partial charge in [0.2, 0.25) is 0 Å². The first-order valence-electron chi connectivity index (χ1n) is 4.34. The molecule has 60 valence electrons. The Morgan fingerprint density at radius 1 is 1.55 bits per heavy atom. The highest BCUT2D eigenvalue weighted by Crippen LogP contribution is 2.56. The van der Waals surface area contributed by atoms with Crippen molar-refractivity contribution < 1.29 is 4.79 Å². The van der Waals surface area contributed by atoms with E-state index in [2.05, 4.69) is 19.9 Å². The van der Waals surface area contributed by atoms with Gasteiger partial charge in [-0.25, -0.2) is 0 Å². The van der Waals surface area contributed by atoms with Crippen molar-refractivity contribution in [2.45, 2.75) is 33.1 Å². The van der Waals surface area contributed by atoms with Crippen molar-refractivity contribution in [3.63, 3.8) is 0 Å². The van der Waals surface area contributed by atoms with Crippen LogP contribution >= 0.6 is 0 Å². The molecule has 0 aromatic carbocycles. The molecule has 0 aliphatic heterocycles. The standard InChI is InChI=1S/C10H14O/c1-10(2)6-8(10)7-4-3-5-9(7)11/h4,8H,3,5-6H2,1-2H3. The minimum atomic E-state index is 0.403. The average Bonchev–Trinajstić information content (AvgIpc) is 2.38. The number of carbonyl (C=O) groups excluding carboxylic acids is 1. The minimum absolute atomic E-state index is 0.403. The Bertz CT molecular complexity index is 235. The fourth-order valence-corrected chi connectivity index (χ4v) is 1.95. The van der Waals surface area contributed by atoms with Gasteiger partial charge in [-0.15, -0.1) is 0 Å². The quantitative estimate of drug-likeness (QED) is 0.560. The van der Waals surface area contributed by atoms with Crippen molar-refractivity contribution in [3.05, 3.63) is 11.6 Å². The molecule has 0 aromatic rings. The Kier molecular flexibility index (Phi) is 1.26. The summed E-state index contributed by atoms with van der Waals surface area (Å²) < 4.78 is 0. The second-order valence-corrected chi connectivity index (χ2v) is 4.37. The molecule has 2 aliphatic carbocycles. The molecule has 1 fully saturated rings. The monoisotopic (exact) mass is 150 g/mol. The SMILES string of the molecule is CC1(C)CC1C1=CCCC1=O. The predicted octanol–water partition coefficient (Wildman–Crippen LogP) is 2.32. The highest BCUT2D eigenvalue weighted by molar-refractivity contribution is 5.98. The molecule has 2 rings (SSSR count). The molecule has 0 amide bonds. The Morgan fingerprint density at radius 3 is 2.55 bits per heavy atom. The minimum Gasteiger partial charge on any atom is -0.295 e. The van der Waals surface area contributed by atoms with Crippen molar-refractivity contribution in [3.8, 4) is 0 Å². The molecule has 1 heteroatoms. The van der Waals surface area contributed by atoms with Crippen LogP contribution < -0.4 is 0 Å². The third-order valence-corrected chi connectivity index (χ3v) is 2.95. The number of carbonyl (C=O) groups is 1. The van der Waals surface area contributed by atoms with Gasteiger partial charge in [0.1, 0.15) is 0 Å². The van der Waals surface area contributed by atoms with Gasteiger partial charge in [0.15, 0.2) is 5.78 Å². The normalized spacial score (nSPS) is 33.8. The van der Waals surface area contributed by atoms with E-state index in [1.807, 2.05) is 0 Å². The molecular formula is C10H14O. The molecule has 1 nitrogen and oxygen atoms in total. The number of ketones is 1. The van der Waals surface area contributed by atoms with E-state index >= 15 is 0 Å². The Balaban J connectivity index is 2.13. The molecule has 0 heterocycles. The topological polar surface area (TPSA) is 17.1 Å². The molecule has 1 saturated carbocycles. The van der Waals surface area contributed by atoms with Crippen molar-refractivity contribution in [1.29, 1.82) is 0 Å². The van der Waals surface area contributed by atoms with E-state index in [0.717, 1.165) is 18.4 Å². The summed E-state index contributed by atoms with van der Waals surface area (Å²) >= 11 is 0. The molecule has 1 atom stereocenters. The van der Waals surface area contributed by atoms with Crippen molar-refractivity contribution >= 4 is 5.78 Å². The van der Waals surface area contributed by atoms with Gasteiger partial charge < -0.3 is 0 Å². The van der Waals surface area contributed by atoms with Crippen LogP contribution in [0.25, 0.3) is 0 Å². The summed E-state index contributed by atoms with van der Waals surface area (Å²) in [5, 5.41) is 0. The van der Waals surface area contributed by atoms with Crippen LogP contribution in [0.1, 0.15) is 33.1 Å². The number of allylic oxidation sites excluding steroid dienone is 2. The maximum Gasteiger partial charge on any atom is 0.159 e. The molecular weight excluding hydrogens is 136 g/mol. The molecule has 0 radical (unpaired) electrons. The smallest absolute Gasteiger partial charge is 0.159 e. The second kappa shape index (κ2) is 1.96. The van der Waals surface area contributed by atoms with E-state index in [-0.39, 0.29) is 0 Å². The zero-order valence-corrected chi connectivity index (χ0v) is 7.18. The highest BCUT2D eigenvalue weighted by atomic mass is 16.1. The lowest BCUT2D eigenvalue weighted by Crippen LogP contribution is -2.01. The number of hydrogen-bond donors (Lipinski definition) is 0. The lowest BCUT2D eigenvalue weighted by molar-refractivity contribution is -0.115. The predicted molar refractivity (Wildman–Crippen MR) is 44.2 cm³/mol. The summed E-state index contributed by atoms with van der Waals surface area (Å²) in [7, 11) is 0. The molecule has 1 unspecified atom stereocenters. The molecule has 0 saturated heterocycles. The van der Waals surface area contributed by atoms with E-state index in [0.29, 0.717) is 17.1 Å². The van der Waals surface area contributed by atoms with Crippen LogP contribution in [-0.2, 0) is 4.79 Å². The first-order chi connectivity index (χ1) is 5.11. The molecule has 0 N–H and O–H groups in total. The van der Waals surface area contributed by atoms with Crippen molar-refractivity contribution in [1.82, 2.24) is 0 Å². The van der Waals surface area contributed by atoms with Crippen LogP contribution in [0.2, 0.25) is 0 Å². The maximum absolute atomic E-state index is 11.3. The first kappa shape index (κ1) is 7.08. The van der Waals surface area contributed by atoms with Crippen LogP contribution in [0.4, 0.5) is 0 Å². The number of hydrogen-bond acceptors (Lipinski definition) is 1. The summed E-state index contributed by atoms with van der Waals surface area (Å²) in [5.41, 5.74) is 1.56. The van der Waals surface area contributed by atoms with Crippen LogP contribution in [0.3, 0.4) is 0 Å². The average molecular weight is 150 g/mol. The molecule has 11 heavy (non-hydrogen) atoms. The summed E-state index contributed by atoms with van der Waals surface area (Å²) in [4.78, 5) is 11.3. The second-order valence-electron chi connectivity index (χ2n) is 4.37. The summed E-state index contributed by atoms with van der Waals surface area (Å²) in [6.07, 6.45) is 5.11. The van der Waals surface area contributed by atoms with E-state index < -0.39 is 0 Å². The molecule has 0 bridgehead atoms. The van der Waals surface area contributed by atoms with Gasteiger partial charge in [-0.2, -0.15) is 0 Å². The fourth-order valence-electron chi connectivity index (χ4n) is 1.95. The van der Waals surface area contributed by atoms with Gasteiger partial charge in [0, 0.05) is 6.42 Å². The zero-order chi connectivity index (χ0) is 8.06. The highest BCUT2D eigenvalue weighted by Gasteiger charge is 2.49. The zero-order valence-electron chi connectivity index (χ0n) is 7.18. The van der Waals surface area contributed by atoms with E-state index in [4.69, 9.17) is 0 Å². The lowest BCUT2D eigenvalue weighted by atomic mass is 10.0. The summed E-state index contributed by atoms with van der Waals surface area (Å²) in [6, 6.07) is 0. The Morgan fingerprint density at radius 2 is 2.18 bits per heavy atom. The molecule has 0 aromatic heterocycles. The summed E-state index contributed by atoms with van der Waals surface area (Å²) in [6.45, 7) is 4.48. The van der Waals surface area contributed by atoms with Gasteiger partial charge >= 0.3 is 0 Å². The first-order valence-corrected chi connectivity index (χ1v) is 4.34. The van der Waals surface area contributed by atoms with Gasteiger partial charge in [-0.1, -0.05) is 19.9 Å². The van der Waals surface area contributed by atoms with Crippen molar-refractivity contribution in [2.75, 3.05) is 0 Å². The Labute approximate surface area is 67.5 Å². The van der Waals surface area contributed by atoms with Crippen LogP contribution in [-0.4, -0.2) is 5.78 Å². The van der Waals surface area contributed by atoms with Gasteiger partial charge in [0.05, 0.1) is 0 Å². The van der Waals surface area contributed by atoms with E-state index in [9.17, 15) is 4.79 Å². The van der Waals surface area contributed by atoms with Crippen LogP contribution in [0.15, 0.2) is 11.6 Å². The maximum atomic E-state index is 11.3. The number of rotatable bonds is 1. The largest absolute Gasteiger partial charge is 0.295 e. The van der Waals surface area contributed by atoms with Gasteiger partial charge in [-0.3, -0.25) is 4.79 Å². The Hall–Kier alpha value is -0.590. The van der Waals surface area contributed by atoms with Crippen LogP contribution in [0, 0.1) is 11.3 Å². The molecule has 0 spiro atoms. The van der Waals surface area contributed by atoms with E-state index in [1.165, 1.54) is 6.42 Å². The molecule has 2 aliphatic rings. The number of Topliss-reactive ketones (excluding diaryl/α,β-unsaturated/α-hetero) is 1. The third-order valence-electron chi connectivity index (χ3n) is 2.95. The van der Waals surface area contributed by atoms with Gasteiger partial charge in [-0.05, 0) is 29.7 Å². The lowest BCUT2D eigenvalue weighted by Gasteiger charge is -2.01. The van der Waals surface area contributed by atoms with E-state index in [1.54, 1.807) is 0 Å². The van der Waals surface area contributed by atoms with Crippen molar-refractivity contribution in [2.24, 2.45) is 11.3 Å².